The van der Waals surface area contributed by atoms with Crippen molar-refractivity contribution >= 4 is 15.7 Å². The van der Waals surface area contributed by atoms with E-state index in [1.165, 1.54) is 25.7 Å². The van der Waals surface area contributed by atoms with E-state index in [0.717, 1.165) is 19.3 Å². The molecule has 1 saturated carbocycles. The van der Waals surface area contributed by atoms with E-state index in [-0.39, 0.29) is 24.2 Å². The molecule has 2 N–H and O–H groups in total. The molecular formula is C14H26N2O3S. The van der Waals surface area contributed by atoms with Crippen LogP contribution < -0.4 is 10.6 Å². The molecule has 0 aromatic rings. The van der Waals surface area contributed by atoms with E-state index in [1.807, 2.05) is 0 Å². The maximum absolute atomic E-state index is 11.9. The van der Waals surface area contributed by atoms with Gasteiger partial charge >= 0.3 is 0 Å². The molecule has 2 fully saturated rings. The molecule has 0 aromatic carbocycles. The van der Waals surface area contributed by atoms with Crippen LogP contribution in [0.4, 0.5) is 0 Å². The molecule has 1 saturated heterocycles. The lowest BCUT2D eigenvalue weighted by Gasteiger charge is -2.23. The highest BCUT2D eigenvalue weighted by Gasteiger charge is 2.25. The zero-order chi connectivity index (χ0) is 14.4. The summed E-state index contributed by atoms with van der Waals surface area (Å²) in [6.07, 6.45) is 8.61. The molecule has 0 radical (unpaired) electrons. The zero-order valence-electron chi connectivity index (χ0n) is 12.1. The van der Waals surface area contributed by atoms with Crippen molar-refractivity contribution in [1.29, 1.82) is 0 Å². The highest BCUT2D eigenvalue weighted by Crippen LogP contribution is 2.17. The Morgan fingerprint density at radius 1 is 0.950 bits per heavy atom. The molecule has 0 bridgehead atoms. The van der Waals surface area contributed by atoms with Gasteiger partial charge in [0.15, 0.2) is 9.84 Å². The van der Waals surface area contributed by atoms with Crippen LogP contribution in [0.15, 0.2) is 0 Å². The number of rotatable bonds is 4. The molecule has 2 aliphatic rings. The smallest absolute Gasteiger partial charge is 0.234 e. The molecule has 1 unspecified atom stereocenters. The first-order chi connectivity index (χ1) is 9.55. The highest BCUT2D eigenvalue weighted by molar-refractivity contribution is 7.91. The van der Waals surface area contributed by atoms with Gasteiger partial charge in [-0.05, 0) is 25.7 Å². The minimum Gasteiger partial charge on any atom is -0.352 e. The Kier molecular flexibility index (Phi) is 5.84. The maximum Gasteiger partial charge on any atom is 0.234 e. The third kappa shape index (κ3) is 5.40. The van der Waals surface area contributed by atoms with Gasteiger partial charge in [-0.1, -0.05) is 25.7 Å². The van der Waals surface area contributed by atoms with Crippen LogP contribution in [0.3, 0.4) is 0 Å². The number of carbonyl (C=O) groups is 1. The molecule has 0 aromatic heterocycles. The summed E-state index contributed by atoms with van der Waals surface area (Å²) in [5.41, 5.74) is 0. The molecule has 5 nitrogen and oxygen atoms in total. The van der Waals surface area contributed by atoms with Crippen LogP contribution in [-0.4, -0.2) is 44.5 Å². The van der Waals surface area contributed by atoms with E-state index in [2.05, 4.69) is 10.6 Å². The summed E-state index contributed by atoms with van der Waals surface area (Å²) in [6.45, 7) is 0.233. The first-order valence-corrected chi connectivity index (χ1v) is 9.60. The second-order valence-corrected chi connectivity index (χ2v) is 8.32. The minimum absolute atomic E-state index is 0.000119. The van der Waals surface area contributed by atoms with Crippen LogP contribution in [0.5, 0.6) is 0 Å². The minimum atomic E-state index is -2.91. The number of carbonyl (C=O) groups excluding carboxylic acids is 1. The summed E-state index contributed by atoms with van der Waals surface area (Å²) in [6, 6.07) is 0.246. The molecule has 1 atom stereocenters. The fourth-order valence-corrected chi connectivity index (χ4v) is 4.79. The van der Waals surface area contributed by atoms with Crippen molar-refractivity contribution in [2.75, 3.05) is 18.1 Å². The van der Waals surface area contributed by atoms with Crippen molar-refractivity contribution < 1.29 is 13.2 Å². The molecule has 6 heteroatoms. The van der Waals surface area contributed by atoms with Gasteiger partial charge in [-0.2, -0.15) is 0 Å². The highest BCUT2D eigenvalue weighted by atomic mass is 32.2. The maximum atomic E-state index is 11.9. The Hall–Kier alpha value is -0.620. The molecule has 0 spiro atoms. The lowest BCUT2D eigenvalue weighted by atomic mass is 10.1. The fourth-order valence-electron chi connectivity index (χ4n) is 3.12. The van der Waals surface area contributed by atoms with Crippen LogP contribution in [-0.2, 0) is 14.6 Å². The van der Waals surface area contributed by atoms with E-state index in [4.69, 9.17) is 0 Å². The van der Waals surface area contributed by atoms with Gasteiger partial charge in [-0.25, -0.2) is 8.42 Å². The largest absolute Gasteiger partial charge is 0.352 e. The summed E-state index contributed by atoms with van der Waals surface area (Å²) < 4.78 is 23.0. The van der Waals surface area contributed by atoms with Gasteiger partial charge in [0.2, 0.25) is 5.91 Å². The lowest BCUT2D eigenvalue weighted by Crippen LogP contribution is -2.46. The summed E-state index contributed by atoms with van der Waals surface area (Å²) in [5.74, 6) is 0.461. The second-order valence-electron chi connectivity index (χ2n) is 6.09. The monoisotopic (exact) mass is 302 g/mol. The van der Waals surface area contributed by atoms with E-state index in [0.29, 0.717) is 18.2 Å². The number of amides is 1. The quantitative estimate of drug-likeness (QED) is 0.760. The number of nitrogens with one attached hydrogen (secondary N) is 2. The van der Waals surface area contributed by atoms with E-state index in [1.54, 1.807) is 0 Å². The molecular weight excluding hydrogens is 276 g/mol. The Labute approximate surface area is 121 Å². The first-order valence-electron chi connectivity index (χ1n) is 7.78. The predicted octanol–water partition coefficient (Wildman–Crippen LogP) is 0.992. The summed E-state index contributed by atoms with van der Waals surface area (Å²) in [4.78, 5) is 11.9. The number of hydrogen-bond acceptors (Lipinski definition) is 4. The summed E-state index contributed by atoms with van der Waals surface area (Å²) >= 11 is 0. The van der Waals surface area contributed by atoms with Crippen LogP contribution in [0.2, 0.25) is 0 Å². The topological polar surface area (TPSA) is 75.3 Å². The van der Waals surface area contributed by atoms with E-state index in [9.17, 15) is 13.2 Å². The van der Waals surface area contributed by atoms with Gasteiger partial charge in [-0.3, -0.25) is 4.79 Å². The van der Waals surface area contributed by atoms with Gasteiger partial charge in [0.1, 0.15) is 0 Å². The molecule has 20 heavy (non-hydrogen) atoms. The third-order valence-corrected chi connectivity index (χ3v) is 6.06. The Bertz CT molecular complexity index is 414. The Balaban J connectivity index is 1.69. The van der Waals surface area contributed by atoms with Crippen molar-refractivity contribution in [3.63, 3.8) is 0 Å². The lowest BCUT2D eigenvalue weighted by molar-refractivity contribution is -0.121. The molecule has 2 rings (SSSR count). The average Bonchev–Trinajstić information content (AvgIpc) is 2.64. The Morgan fingerprint density at radius 2 is 1.60 bits per heavy atom. The van der Waals surface area contributed by atoms with Crippen molar-refractivity contribution in [2.45, 2.75) is 63.5 Å². The average molecular weight is 302 g/mol. The van der Waals surface area contributed by atoms with Gasteiger partial charge in [0.05, 0.1) is 18.1 Å². The molecule has 1 aliphatic heterocycles. The number of hydrogen-bond donors (Lipinski definition) is 2. The fraction of sp³-hybridized carbons (Fsp3) is 0.929. The molecule has 1 heterocycles. The SMILES string of the molecule is O=C(CNC1CCCS(=O)(=O)C1)NC1CCCCCC1. The van der Waals surface area contributed by atoms with Crippen LogP contribution in [0, 0.1) is 0 Å². The summed E-state index contributed by atoms with van der Waals surface area (Å²) in [7, 11) is -2.91. The van der Waals surface area contributed by atoms with Gasteiger partial charge < -0.3 is 10.6 Å². The van der Waals surface area contributed by atoms with Gasteiger partial charge in [-0.15, -0.1) is 0 Å². The standard InChI is InChI=1S/C14H26N2O3S/c17-14(16-12-6-3-1-2-4-7-12)10-15-13-8-5-9-20(18,19)11-13/h12-13,15H,1-11H2,(H,16,17). The Morgan fingerprint density at radius 3 is 2.25 bits per heavy atom. The van der Waals surface area contributed by atoms with E-state index >= 15 is 0 Å². The number of sulfone groups is 1. The summed E-state index contributed by atoms with van der Waals surface area (Å²) in [5, 5.41) is 6.16. The van der Waals surface area contributed by atoms with Gasteiger partial charge in [0, 0.05) is 12.1 Å². The van der Waals surface area contributed by atoms with Crippen LogP contribution >= 0.6 is 0 Å². The van der Waals surface area contributed by atoms with E-state index < -0.39 is 9.84 Å². The van der Waals surface area contributed by atoms with Crippen molar-refractivity contribution in [3.8, 4) is 0 Å². The van der Waals surface area contributed by atoms with Gasteiger partial charge in [0.25, 0.3) is 0 Å². The van der Waals surface area contributed by atoms with Crippen LogP contribution in [0.1, 0.15) is 51.4 Å². The molecule has 1 aliphatic carbocycles. The second kappa shape index (κ2) is 7.41. The van der Waals surface area contributed by atoms with Crippen molar-refractivity contribution in [2.24, 2.45) is 0 Å². The third-order valence-electron chi connectivity index (χ3n) is 4.23. The van der Waals surface area contributed by atoms with Crippen molar-refractivity contribution in [1.82, 2.24) is 10.6 Å². The predicted molar refractivity (Wildman–Crippen MR) is 79.3 cm³/mol. The zero-order valence-corrected chi connectivity index (χ0v) is 12.9. The molecule has 1 amide bonds. The van der Waals surface area contributed by atoms with Crippen molar-refractivity contribution in [3.05, 3.63) is 0 Å². The van der Waals surface area contributed by atoms with Crippen LogP contribution in [0.25, 0.3) is 0 Å². The normalized spacial score (nSPS) is 27.7. The first kappa shape index (κ1) is 15.8. The molecule has 116 valence electrons.